The molecule has 0 aliphatic carbocycles. The van der Waals surface area contributed by atoms with Gasteiger partial charge in [0.25, 0.3) is 0 Å². The van der Waals surface area contributed by atoms with Crippen molar-refractivity contribution in [2.45, 2.75) is 118 Å². The van der Waals surface area contributed by atoms with Gasteiger partial charge in [-0.2, -0.15) is 0 Å². The Morgan fingerprint density at radius 3 is 0.952 bits per heavy atom. The highest BCUT2D eigenvalue weighted by Crippen LogP contribution is 2.32. The fraction of sp³-hybridized carbons (Fsp3) is 0.786. The molecular weight excluding hydrogens is 560 g/mol. The first-order valence-corrected chi connectivity index (χ1v) is 13.7. The minimum atomic E-state index is -0.808. The lowest BCUT2D eigenvalue weighted by molar-refractivity contribution is -0.228. The molecule has 2 aliphatic heterocycles. The molecule has 0 radical (unpaired) electrons. The number of esters is 6. The first-order chi connectivity index (χ1) is 19.4. The fourth-order valence-electron chi connectivity index (χ4n) is 4.58. The van der Waals surface area contributed by atoms with Crippen LogP contribution in [0.5, 0.6) is 0 Å². The standard InChI is InChI=1S/2C14H22O7/c2*1-7-8(2)19-12(6-18-9(3)15)14(21-11(5)17)13(7)20-10(4)16/h2*7-8,12-14H,6H2,1-5H3/t2*7?,8-,12?,13+,14+/m00/s1. The van der Waals surface area contributed by atoms with E-state index >= 15 is 0 Å². The Labute approximate surface area is 245 Å². The fourth-order valence-corrected chi connectivity index (χ4v) is 4.58. The van der Waals surface area contributed by atoms with Gasteiger partial charge in [0.15, 0.2) is 12.2 Å². The first kappa shape index (κ1) is 36.8. The molecule has 0 aromatic heterocycles. The second-order valence-corrected chi connectivity index (χ2v) is 10.4. The van der Waals surface area contributed by atoms with Crippen LogP contribution in [0, 0.1) is 11.8 Å². The van der Waals surface area contributed by atoms with E-state index in [1.54, 1.807) is 0 Å². The lowest BCUT2D eigenvalue weighted by atomic mass is 9.88. The predicted octanol–water partition coefficient (Wildman–Crippen LogP) is 1.67. The van der Waals surface area contributed by atoms with E-state index < -0.39 is 72.4 Å². The molecule has 2 fully saturated rings. The molecule has 42 heavy (non-hydrogen) atoms. The summed E-state index contributed by atoms with van der Waals surface area (Å²) in [7, 11) is 0. The highest BCUT2D eigenvalue weighted by molar-refractivity contribution is 5.68. The third-order valence-corrected chi connectivity index (χ3v) is 6.79. The van der Waals surface area contributed by atoms with Gasteiger partial charge in [-0.3, -0.25) is 28.8 Å². The molecule has 10 atom stereocenters. The van der Waals surface area contributed by atoms with Gasteiger partial charge in [0.05, 0.1) is 12.2 Å². The second-order valence-electron chi connectivity index (χ2n) is 10.4. The van der Waals surface area contributed by atoms with Crippen molar-refractivity contribution < 1.29 is 66.7 Å². The van der Waals surface area contributed by atoms with Gasteiger partial charge in [0.2, 0.25) is 0 Å². The molecule has 14 nitrogen and oxygen atoms in total. The number of ether oxygens (including phenoxy) is 8. The lowest BCUT2D eigenvalue weighted by Crippen LogP contribution is -2.57. The van der Waals surface area contributed by atoms with Crippen LogP contribution in [0.4, 0.5) is 0 Å². The van der Waals surface area contributed by atoms with Gasteiger partial charge in [-0.15, -0.1) is 0 Å². The summed E-state index contributed by atoms with van der Waals surface area (Å²) in [4.78, 5) is 67.0. The summed E-state index contributed by atoms with van der Waals surface area (Å²) in [5, 5.41) is 0. The molecular formula is C28H44O14. The van der Waals surface area contributed by atoms with E-state index in [1.165, 1.54) is 41.5 Å². The van der Waals surface area contributed by atoms with E-state index in [2.05, 4.69) is 0 Å². The zero-order valence-electron chi connectivity index (χ0n) is 25.9. The minimum Gasteiger partial charge on any atom is -0.463 e. The van der Waals surface area contributed by atoms with E-state index in [0.717, 1.165) is 0 Å². The van der Waals surface area contributed by atoms with Crippen molar-refractivity contribution in [1.82, 2.24) is 0 Å². The van der Waals surface area contributed by atoms with Crippen LogP contribution in [-0.2, 0) is 66.7 Å². The summed E-state index contributed by atoms with van der Waals surface area (Å²) in [6, 6.07) is 0. The normalized spacial score (nSPS) is 32.1. The molecule has 0 N–H and O–H groups in total. The number of carbonyl (C=O) groups excluding carboxylic acids is 6. The SMILES string of the molecule is CC(=O)OCC1O[C@@H](C)C(C)[C@@H](OC(C)=O)[C@@H]1OC(C)=O.CC(=O)OCC1O[C@@H](C)C(C)[C@@H](OC(C)=O)[C@@H]1OC(C)=O. The van der Waals surface area contributed by atoms with Gasteiger partial charge in [0.1, 0.15) is 37.6 Å². The van der Waals surface area contributed by atoms with Gasteiger partial charge < -0.3 is 37.9 Å². The molecule has 0 spiro atoms. The molecule has 0 bridgehead atoms. The monoisotopic (exact) mass is 604 g/mol. The van der Waals surface area contributed by atoms with Crippen LogP contribution in [0.15, 0.2) is 0 Å². The van der Waals surface area contributed by atoms with Crippen molar-refractivity contribution in [3.05, 3.63) is 0 Å². The van der Waals surface area contributed by atoms with Crippen LogP contribution < -0.4 is 0 Å². The van der Waals surface area contributed by atoms with E-state index in [-0.39, 0.29) is 37.3 Å². The average Bonchev–Trinajstić information content (AvgIpc) is 2.85. The quantitative estimate of drug-likeness (QED) is 0.289. The van der Waals surface area contributed by atoms with E-state index in [9.17, 15) is 28.8 Å². The summed E-state index contributed by atoms with van der Waals surface area (Å²) in [6.07, 6.45) is -4.72. The highest BCUT2D eigenvalue weighted by Gasteiger charge is 2.48. The van der Waals surface area contributed by atoms with E-state index in [4.69, 9.17) is 37.9 Å². The maximum atomic E-state index is 11.3. The van der Waals surface area contributed by atoms with Gasteiger partial charge in [-0.05, 0) is 13.8 Å². The van der Waals surface area contributed by atoms with Crippen LogP contribution in [0.2, 0.25) is 0 Å². The summed E-state index contributed by atoms with van der Waals surface area (Å²) in [5.41, 5.74) is 0. The topological polar surface area (TPSA) is 176 Å². The second kappa shape index (κ2) is 17.0. The number of rotatable bonds is 8. The molecule has 4 unspecified atom stereocenters. The Hall–Kier alpha value is -3.26. The predicted molar refractivity (Wildman–Crippen MR) is 142 cm³/mol. The van der Waals surface area contributed by atoms with Gasteiger partial charge in [0, 0.05) is 53.4 Å². The molecule has 2 saturated heterocycles. The zero-order valence-corrected chi connectivity index (χ0v) is 25.9. The molecule has 0 saturated carbocycles. The minimum absolute atomic E-state index is 0.0674. The largest absolute Gasteiger partial charge is 0.463 e. The Morgan fingerprint density at radius 1 is 0.452 bits per heavy atom. The number of hydrogen-bond donors (Lipinski definition) is 0. The van der Waals surface area contributed by atoms with Crippen molar-refractivity contribution in [2.24, 2.45) is 11.8 Å². The maximum absolute atomic E-state index is 11.3. The molecule has 0 amide bonds. The van der Waals surface area contributed by atoms with E-state index in [1.807, 2.05) is 27.7 Å². The summed E-state index contributed by atoms with van der Waals surface area (Å²) in [5.74, 6) is -3.22. The third-order valence-electron chi connectivity index (χ3n) is 6.79. The van der Waals surface area contributed by atoms with Crippen LogP contribution in [0.1, 0.15) is 69.2 Å². The Bertz CT molecular complexity index is 888. The number of hydrogen-bond acceptors (Lipinski definition) is 14. The lowest BCUT2D eigenvalue weighted by Gasteiger charge is -2.43. The van der Waals surface area contributed by atoms with Gasteiger partial charge in [-0.25, -0.2) is 0 Å². The van der Waals surface area contributed by atoms with Crippen molar-refractivity contribution in [3.8, 4) is 0 Å². The summed E-state index contributed by atoms with van der Waals surface area (Å²) >= 11 is 0. The maximum Gasteiger partial charge on any atom is 0.303 e. The van der Waals surface area contributed by atoms with Crippen LogP contribution in [-0.4, -0.2) is 97.9 Å². The Morgan fingerprint density at radius 2 is 0.714 bits per heavy atom. The molecule has 14 heteroatoms. The molecule has 2 aliphatic rings. The highest BCUT2D eigenvalue weighted by atomic mass is 16.6. The van der Waals surface area contributed by atoms with Crippen LogP contribution in [0.3, 0.4) is 0 Å². The average molecular weight is 605 g/mol. The third kappa shape index (κ3) is 11.9. The van der Waals surface area contributed by atoms with Gasteiger partial charge >= 0.3 is 35.8 Å². The van der Waals surface area contributed by atoms with Crippen molar-refractivity contribution in [1.29, 1.82) is 0 Å². The molecule has 2 heterocycles. The molecule has 240 valence electrons. The molecule has 2 rings (SSSR count). The Kier molecular flexibility index (Phi) is 14.9. The Balaban J connectivity index is 0.000000420. The molecule has 0 aromatic rings. The first-order valence-electron chi connectivity index (χ1n) is 13.7. The van der Waals surface area contributed by atoms with Crippen LogP contribution >= 0.6 is 0 Å². The number of carbonyl (C=O) groups is 6. The van der Waals surface area contributed by atoms with Gasteiger partial charge in [-0.1, -0.05) is 13.8 Å². The zero-order chi connectivity index (χ0) is 32.3. The molecule has 0 aromatic carbocycles. The smallest absolute Gasteiger partial charge is 0.303 e. The van der Waals surface area contributed by atoms with Crippen molar-refractivity contribution in [3.63, 3.8) is 0 Å². The summed E-state index contributed by atoms with van der Waals surface area (Å²) < 4.78 is 42.4. The van der Waals surface area contributed by atoms with Crippen molar-refractivity contribution in [2.75, 3.05) is 13.2 Å². The van der Waals surface area contributed by atoms with Crippen LogP contribution in [0.25, 0.3) is 0 Å². The van der Waals surface area contributed by atoms with E-state index in [0.29, 0.717) is 0 Å². The van der Waals surface area contributed by atoms with Crippen molar-refractivity contribution >= 4 is 35.8 Å². The summed E-state index contributed by atoms with van der Waals surface area (Å²) in [6.45, 7) is 14.9.